The first-order valence-corrected chi connectivity index (χ1v) is 7.17. The van der Waals surface area contributed by atoms with Gasteiger partial charge in [0.05, 0.1) is 12.3 Å². The normalized spacial score (nSPS) is 15.7. The van der Waals surface area contributed by atoms with E-state index in [2.05, 4.69) is 5.32 Å². The van der Waals surface area contributed by atoms with Crippen LogP contribution in [-0.4, -0.2) is 42.1 Å². The third kappa shape index (κ3) is 3.93. The average Bonchev–Trinajstić information content (AvgIpc) is 2.62. The van der Waals surface area contributed by atoms with Gasteiger partial charge in [-0.25, -0.2) is 8.78 Å². The van der Waals surface area contributed by atoms with Gasteiger partial charge in [-0.15, -0.1) is 11.8 Å². The Balaban J connectivity index is 1.92. The Morgan fingerprint density at radius 1 is 1.40 bits per heavy atom. The third-order valence-corrected chi connectivity index (χ3v) is 3.89. The Morgan fingerprint density at radius 3 is 2.95 bits per heavy atom. The number of carbonyl (C=O) groups excluding carboxylic acids is 2. The molecule has 0 bridgehead atoms. The van der Waals surface area contributed by atoms with Crippen LogP contribution in [-0.2, 0) is 9.59 Å². The van der Waals surface area contributed by atoms with E-state index in [4.69, 9.17) is 0 Å². The summed E-state index contributed by atoms with van der Waals surface area (Å²) >= 11 is 1.00. The molecule has 20 heavy (non-hydrogen) atoms. The molecule has 1 saturated heterocycles. The molecule has 0 radical (unpaired) electrons. The van der Waals surface area contributed by atoms with Crippen LogP contribution in [0.4, 0.5) is 8.78 Å². The Morgan fingerprint density at radius 2 is 2.20 bits per heavy atom. The molecular weight excluding hydrogens is 286 g/mol. The van der Waals surface area contributed by atoms with Gasteiger partial charge in [-0.2, -0.15) is 0 Å². The van der Waals surface area contributed by atoms with Gasteiger partial charge in [0.15, 0.2) is 0 Å². The topological polar surface area (TPSA) is 49.4 Å². The molecule has 1 aliphatic heterocycles. The van der Waals surface area contributed by atoms with Crippen molar-refractivity contribution in [2.45, 2.75) is 11.3 Å². The van der Waals surface area contributed by atoms with Gasteiger partial charge in [0.25, 0.3) is 0 Å². The minimum Gasteiger partial charge on any atom is -0.354 e. The molecule has 1 aromatic carbocycles. The predicted octanol–water partition coefficient (Wildman–Crippen LogP) is 1.41. The lowest BCUT2D eigenvalue weighted by molar-refractivity contribution is -0.133. The Kier molecular flexibility index (Phi) is 4.94. The van der Waals surface area contributed by atoms with E-state index in [1.54, 1.807) is 0 Å². The highest BCUT2D eigenvalue weighted by atomic mass is 32.2. The van der Waals surface area contributed by atoms with E-state index < -0.39 is 11.6 Å². The number of hydrogen-bond donors (Lipinski definition) is 1. The van der Waals surface area contributed by atoms with Gasteiger partial charge in [-0.3, -0.25) is 9.59 Å². The first kappa shape index (κ1) is 14.8. The van der Waals surface area contributed by atoms with Crippen molar-refractivity contribution in [3.8, 4) is 0 Å². The maximum atomic E-state index is 13.4. The predicted molar refractivity (Wildman–Crippen MR) is 71.3 cm³/mol. The zero-order valence-electron chi connectivity index (χ0n) is 10.7. The molecule has 2 amide bonds. The number of thioether (sulfide) groups is 1. The van der Waals surface area contributed by atoms with Crippen molar-refractivity contribution in [3.63, 3.8) is 0 Å². The van der Waals surface area contributed by atoms with Gasteiger partial charge in [0.2, 0.25) is 11.8 Å². The van der Waals surface area contributed by atoms with Crippen LogP contribution >= 0.6 is 11.8 Å². The Labute approximate surface area is 119 Å². The summed E-state index contributed by atoms with van der Waals surface area (Å²) in [6.07, 6.45) is 0.701. The molecule has 1 fully saturated rings. The van der Waals surface area contributed by atoms with Crippen LogP contribution in [0.3, 0.4) is 0 Å². The molecule has 0 spiro atoms. The number of rotatable bonds is 3. The second kappa shape index (κ2) is 6.69. The van der Waals surface area contributed by atoms with Crippen molar-refractivity contribution in [2.24, 2.45) is 0 Å². The van der Waals surface area contributed by atoms with Gasteiger partial charge in [-0.1, -0.05) is 0 Å². The first-order valence-electron chi connectivity index (χ1n) is 6.18. The van der Waals surface area contributed by atoms with Gasteiger partial charge < -0.3 is 10.2 Å². The summed E-state index contributed by atoms with van der Waals surface area (Å²) in [6.45, 7) is 1.09. The van der Waals surface area contributed by atoms with E-state index in [0.29, 0.717) is 19.5 Å². The smallest absolute Gasteiger partial charge is 0.239 e. The van der Waals surface area contributed by atoms with Gasteiger partial charge in [0, 0.05) is 24.1 Å². The van der Waals surface area contributed by atoms with Crippen LogP contribution in [0, 0.1) is 11.6 Å². The molecule has 1 aliphatic rings. The molecular formula is C13H14F2N2O2S. The molecule has 7 heteroatoms. The summed E-state index contributed by atoms with van der Waals surface area (Å²) in [5, 5.41) is 2.68. The highest BCUT2D eigenvalue weighted by molar-refractivity contribution is 8.00. The molecule has 1 N–H and O–H groups in total. The third-order valence-electron chi connectivity index (χ3n) is 2.86. The zero-order chi connectivity index (χ0) is 14.5. The Hall–Kier alpha value is -1.63. The van der Waals surface area contributed by atoms with Gasteiger partial charge >= 0.3 is 0 Å². The lowest BCUT2D eigenvalue weighted by Gasteiger charge is -2.18. The molecule has 0 aliphatic carbocycles. The number of hydrogen-bond acceptors (Lipinski definition) is 3. The fraction of sp³-hybridized carbons (Fsp3) is 0.385. The molecule has 0 atom stereocenters. The average molecular weight is 300 g/mol. The fourth-order valence-corrected chi connectivity index (χ4v) is 2.66. The van der Waals surface area contributed by atoms with Crippen LogP contribution in [0.15, 0.2) is 23.1 Å². The first-order chi connectivity index (χ1) is 9.56. The van der Waals surface area contributed by atoms with Gasteiger partial charge in [-0.05, 0) is 18.6 Å². The summed E-state index contributed by atoms with van der Waals surface area (Å²) in [5.74, 6) is -1.72. The number of nitrogens with one attached hydrogen (secondary N) is 1. The summed E-state index contributed by atoms with van der Waals surface area (Å²) in [7, 11) is 0. The van der Waals surface area contributed by atoms with Crippen molar-refractivity contribution >= 4 is 23.6 Å². The second-order valence-electron chi connectivity index (χ2n) is 4.38. The van der Waals surface area contributed by atoms with Crippen LogP contribution in [0.2, 0.25) is 0 Å². The summed E-state index contributed by atoms with van der Waals surface area (Å²) < 4.78 is 26.2. The minimum absolute atomic E-state index is 0.0236. The number of amides is 2. The molecule has 0 aromatic heterocycles. The number of halogens is 2. The van der Waals surface area contributed by atoms with E-state index in [9.17, 15) is 18.4 Å². The van der Waals surface area contributed by atoms with Gasteiger partial charge in [0.1, 0.15) is 11.6 Å². The highest BCUT2D eigenvalue weighted by Gasteiger charge is 2.20. The van der Waals surface area contributed by atoms with E-state index in [-0.39, 0.29) is 29.0 Å². The van der Waals surface area contributed by atoms with Crippen LogP contribution in [0.25, 0.3) is 0 Å². The van der Waals surface area contributed by atoms with E-state index in [1.165, 1.54) is 11.0 Å². The molecule has 0 unspecified atom stereocenters. The summed E-state index contributed by atoms with van der Waals surface area (Å²) in [5.41, 5.74) is 0. The largest absolute Gasteiger partial charge is 0.354 e. The molecule has 1 heterocycles. The summed E-state index contributed by atoms with van der Waals surface area (Å²) in [4.78, 5) is 25.0. The Bertz CT molecular complexity index is 525. The van der Waals surface area contributed by atoms with Crippen molar-refractivity contribution < 1.29 is 18.4 Å². The molecule has 108 valence electrons. The number of benzene rings is 1. The summed E-state index contributed by atoms with van der Waals surface area (Å²) in [6, 6.07) is 3.24. The zero-order valence-corrected chi connectivity index (χ0v) is 11.5. The standard InChI is InChI=1S/C13H14F2N2O2S/c14-9-2-3-11(10(15)6-9)20-8-13(19)17-5-1-4-16-12(18)7-17/h2-3,6H,1,4-5,7-8H2,(H,16,18). The van der Waals surface area contributed by atoms with E-state index in [0.717, 1.165) is 23.9 Å². The quantitative estimate of drug-likeness (QED) is 0.859. The van der Waals surface area contributed by atoms with E-state index >= 15 is 0 Å². The highest BCUT2D eigenvalue weighted by Crippen LogP contribution is 2.22. The lowest BCUT2D eigenvalue weighted by atomic mass is 10.3. The van der Waals surface area contributed by atoms with Crippen LogP contribution in [0.1, 0.15) is 6.42 Å². The maximum absolute atomic E-state index is 13.4. The molecule has 4 nitrogen and oxygen atoms in total. The van der Waals surface area contributed by atoms with Crippen molar-refractivity contribution in [2.75, 3.05) is 25.4 Å². The molecule has 2 rings (SSSR count). The van der Waals surface area contributed by atoms with Crippen molar-refractivity contribution in [1.29, 1.82) is 0 Å². The van der Waals surface area contributed by atoms with E-state index in [1.807, 2.05) is 0 Å². The molecule has 1 aromatic rings. The molecule has 0 saturated carbocycles. The van der Waals surface area contributed by atoms with Crippen molar-refractivity contribution in [3.05, 3.63) is 29.8 Å². The van der Waals surface area contributed by atoms with Crippen molar-refractivity contribution in [1.82, 2.24) is 10.2 Å². The second-order valence-corrected chi connectivity index (χ2v) is 5.40. The lowest BCUT2D eigenvalue weighted by Crippen LogP contribution is -2.38. The van der Waals surface area contributed by atoms with Crippen LogP contribution in [0.5, 0.6) is 0 Å². The number of carbonyl (C=O) groups is 2. The SMILES string of the molecule is O=C1CN(C(=O)CSc2ccc(F)cc2F)CCCN1. The van der Waals surface area contributed by atoms with Crippen LogP contribution < -0.4 is 5.32 Å². The minimum atomic E-state index is -0.684. The fourth-order valence-electron chi connectivity index (χ4n) is 1.84. The monoisotopic (exact) mass is 300 g/mol. The maximum Gasteiger partial charge on any atom is 0.239 e. The number of nitrogens with zero attached hydrogens (tertiary/aromatic N) is 1.